The molecule has 1 amide bonds. The number of carbonyl (C=O) groups excluding carboxylic acids is 1. The summed E-state index contributed by atoms with van der Waals surface area (Å²) in [6.07, 6.45) is 0. The van der Waals surface area contributed by atoms with Crippen LogP contribution >= 0.6 is 23.4 Å². The van der Waals surface area contributed by atoms with Gasteiger partial charge in [-0.3, -0.25) is 9.10 Å². The highest BCUT2D eigenvalue weighted by molar-refractivity contribution is 8.00. The van der Waals surface area contributed by atoms with Gasteiger partial charge < -0.3 is 5.32 Å². The fourth-order valence-corrected chi connectivity index (χ4v) is 5.57. The Morgan fingerprint density at radius 3 is 2.38 bits per heavy atom. The zero-order valence-electron chi connectivity index (χ0n) is 18.1. The normalized spacial score (nSPS) is 11.2. The van der Waals surface area contributed by atoms with Gasteiger partial charge in [-0.05, 0) is 74.4 Å². The molecule has 8 heteroatoms. The fourth-order valence-electron chi connectivity index (χ4n) is 3.11. The average Bonchev–Trinajstić information content (AvgIpc) is 2.77. The molecule has 1 N–H and O–H groups in total. The first-order valence-electron chi connectivity index (χ1n) is 10.1. The molecule has 0 aliphatic rings. The van der Waals surface area contributed by atoms with Crippen LogP contribution < -0.4 is 9.62 Å². The molecule has 3 rings (SSSR count). The lowest BCUT2D eigenvalue weighted by Gasteiger charge is -2.23. The zero-order chi connectivity index (χ0) is 23.3. The molecule has 0 aliphatic heterocycles. The van der Waals surface area contributed by atoms with Crippen LogP contribution in [-0.4, -0.2) is 26.6 Å². The van der Waals surface area contributed by atoms with E-state index in [1.807, 2.05) is 38.1 Å². The van der Waals surface area contributed by atoms with Gasteiger partial charge in [-0.25, -0.2) is 8.42 Å². The first kappa shape index (κ1) is 24.2. The Bertz CT molecular complexity index is 1220. The number of nitrogens with zero attached hydrogens (tertiary/aromatic N) is 1. The van der Waals surface area contributed by atoms with E-state index in [2.05, 4.69) is 5.32 Å². The van der Waals surface area contributed by atoms with Gasteiger partial charge >= 0.3 is 0 Å². The monoisotopic (exact) mass is 488 g/mol. The number of carbonyl (C=O) groups is 1. The summed E-state index contributed by atoms with van der Waals surface area (Å²) in [7, 11) is -3.83. The second kappa shape index (κ2) is 10.4. The average molecular weight is 489 g/mol. The lowest BCUT2D eigenvalue weighted by Crippen LogP contribution is -2.30. The maximum Gasteiger partial charge on any atom is 0.264 e. The lowest BCUT2D eigenvalue weighted by molar-refractivity contribution is -0.113. The highest BCUT2D eigenvalue weighted by Gasteiger charge is 2.24. The first-order chi connectivity index (χ1) is 15.2. The standard InChI is InChI=1S/C24H25ClN2O3S2/c1-4-27(19-8-6-5-7-9-19)32(29,30)21-12-13-22(25)23(15-21)26-24(28)16-31-20-11-10-17(2)18(3)14-20/h5-15H,4,16H2,1-3H3,(H,26,28). The van der Waals surface area contributed by atoms with Crippen molar-refractivity contribution in [3.63, 3.8) is 0 Å². The van der Waals surface area contributed by atoms with Crippen LogP contribution in [0.1, 0.15) is 18.1 Å². The summed E-state index contributed by atoms with van der Waals surface area (Å²) < 4.78 is 27.8. The molecule has 0 atom stereocenters. The number of amides is 1. The summed E-state index contributed by atoms with van der Waals surface area (Å²) in [5.74, 6) is -0.0824. The van der Waals surface area contributed by atoms with E-state index < -0.39 is 10.0 Å². The Morgan fingerprint density at radius 2 is 1.72 bits per heavy atom. The Balaban J connectivity index is 1.77. The van der Waals surface area contributed by atoms with Gasteiger partial charge in [-0.1, -0.05) is 35.9 Å². The molecule has 0 saturated carbocycles. The van der Waals surface area contributed by atoms with Crippen LogP contribution in [0.2, 0.25) is 5.02 Å². The number of hydrogen-bond donors (Lipinski definition) is 1. The smallest absolute Gasteiger partial charge is 0.264 e. The van der Waals surface area contributed by atoms with Crippen molar-refractivity contribution in [1.82, 2.24) is 0 Å². The van der Waals surface area contributed by atoms with E-state index in [0.717, 1.165) is 10.5 Å². The lowest BCUT2D eigenvalue weighted by atomic mass is 10.1. The Kier molecular flexibility index (Phi) is 7.87. The van der Waals surface area contributed by atoms with Crippen LogP contribution in [0.25, 0.3) is 0 Å². The molecule has 3 aromatic rings. The second-order valence-corrected chi connectivity index (χ2v) is 10.5. The van der Waals surface area contributed by atoms with E-state index in [1.54, 1.807) is 31.2 Å². The number of anilines is 2. The number of sulfonamides is 1. The number of para-hydroxylation sites is 1. The quantitative estimate of drug-likeness (QED) is 0.401. The van der Waals surface area contributed by atoms with Gasteiger partial charge in [0.25, 0.3) is 10.0 Å². The molecule has 0 aromatic heterocycles. The summed E-state index contributed by atoms with van der Waals surface area (Å²) in [6.45, 7) is 6.10. The van der Waals surface area contributed by atoms with Crippen LogP contribution in [0.4, 0.5) is 11.4 Å². The third-order valence-corrected chi connectivity index (χ3v) is 8.20. The Morgan fingerprint density at radius 1 is 1.00 bits per heavy atom. The molecule has 0 spiro atoms. The minimum atomic E-state index is -3.83. The third kappa shape index (κ3) is 5.65. The van der Waals surface area contributed by atoms with E-state index in [9.17, 15) is 13.2 Å². The maximum absolute atomic E-state index is 13.2. The predicted octanol–water partition coefficient (Wildman–Crippen LogP) is 5.90. The van der Waals surface area contributed by atoms with Crippen molar-refractivity contribution in [3.05, 3.63) is 82.9 Å². The van der Waals surface area contributed by atoms with E-state index >= 15 is 0 Å². The first-order valence-corrected chi connectivity index (χ1v) is 12.9. The zero-order valence-corrected chi connectivity index (χ0v) is 20.5. The van der Waals surface area contributed by atoms with E-state index in [1.165, 1.54) is 39.8 Å². The van der Waals surface area contributed by atoms with Crippen molar-refractivity contribution < 1.29 is 13.2 Å². The topological polar surface area (TPSA) is 66.5 Å². The summed E-state index contributed by atoms with van der Waals surface area (Å²) in [5, 5.41) is 3.02. The minimum absolute atomic E-state index is 0.0599. The van der Waals surface area contributed by atoms with E-state index in [-0.39, 0.29) is 33.8 Å². The highest BCUT2D eigenvalue weighted by atomic mass is 35.5. The molecule has 3 aromatic carbocycles. The number of nitrogens with one attached hydrogen (secondary N) is 1. The molecule has 168 valence electrons. The molecular weight excluding hydrogens is 464 g/mol. The maximum atomic E-state index is 13.2. The molecular formula is C24H25ClN2O3S2. The molecule has 32 heavy (non-hydrogen) atoms. The summed E-state index contributed by atoms with van der Waals surface area (Å²) in [5.41, 5.74) is 3.19. The van der Waals surface area contributed by atoms with Crippen molar-refractivity contribution >= 4 is 50.7 Å². The van der Waals surface area contributed by atoms with Gasteiger partial charge in [0, 0.05) is 11.4 Å². The highest BCUT2D eigenvalue weighted by Crippen LogP contribution is 2.30. The van der Waals surface area contributed by atoms with Gasteiger partial charge in [-0.2, -0.15) is 0 Å². The summed E-state index contributed by atoms with van der Waals surface area (Å²) in [4.78, 5) is 13.6. The van der Waals surface area contributed by atoms with Gasteiger partial charge in [-0.15, -0.1) is 11.8 Å². The van der Waals surface area contributed by atoms with Gasteiger partial charge in [0.15, 0.2) is 0 Å². The fraction of sp³-hybridized carbons (Fsp3) is 0.208. The number of benzene rings is 3. The summed E-state index contributed by atoms with van der Waals surface area (Å²) in [6, 6.07) is 19.3. The van der Waals surface area contributed by atoms with Crippen molar-refractivity contribution in [2.45, 2.75) is 30.6 Å². The molecule has 0 unspecified atom stereocenters. The van der Waals surface area contributed by atoms with Gasteiger partial charge in [0.1, 0.15) is 0 Å². The molecule has 5 nitrogen and oxygen atoms in total. The molecule has 0 aliphatic carbocycles. The van der Waals surface area contributed by atoms with Crippen molar-refractivity contribution in [3.8, 4) is 0 Å². The van der Waals surface area contributed by atoms with E-state index in [0.29, 0.717) is 5.69 Å². The molecule has 0 heterocycles. The van der Waals surface area contributed by atoms with Crippen LogP contribution in [0.15, 0.2) is 76.5 Å². The summed E-state index contributed by atoms with van der Waals surface area (Å²) >= 11 is 7.66. The third-order valence-electron chi connectivity index (χ3n) is 4.98. The minimum Gasteiger partial charge on any atom is -0.324 e. The molecule has 0 bridgehead atoms. The number of aryl methyl sites for hydroxylation is 2. The van der Waals surface area contributed by atoms with Crippen molar-refractivity contribution in [1.29, 1.82) is 0 Å². The van der Waals surface area contributed by atoms with Gasteiger partial charge in [0.2, 0.25) is 5.91 Å². The van der Waals surface area contributed by atoms with Crippen molar-refractivity contribution in [2.75, 3.05) is 21.9 Å². The second-order valence-electron chi connectivity index (χ2n) is 7.23. The number of halogens is 1. The predicted molar refractivity (Wildman–Crippen MR) is 133 cm³/mol. The molecule has 0 saturated heterocycles. The Labute approximate surface area is 198 Å². The number of hydrogen-bond acceptors (Lipinski definition) is 4. The molecule has 0 fully saturated rings. The van der Waals surface area contributed by atoms with Crippen LogP contribution in [0, 0.1) is 13.8 Å². The largest absolute Gasteiger partial charge is 0.324 e. The van der Waals surface area contributed by atoms with Crippen LogP contribution in [0.3, 0.4) is 0 Å². The number of rotatable bonds is 8. The number of thioether (sulfide) groups is 1. The van der Waals surface area contributed by atoms with Crippen LogP contribution in [0.5, 0.6) is 0 Å². The SMILES string of the molecule is CCN(c1ccccc1)S(=O)(=O)c1ccc(Cl)c(NC(=O)CSc2ccc(C)c(C)c2)c1. The van der Waals surface area contributed by atoms with Crippen molar-refractivity contribution in [2.24, 2.45) is 0 Å². The van der Waals surface area contributed by atoms with Gasteiger partial charge in [0.05, 0.1) is 27.0 Å². The molecule has 0 radical (unpaired) electrons. The van der Waals surface area contributed by atoms with Crippen LogP contribution in [-0.2, 0) is 14.8 Å². The van der Waals surface area contributed by atoms with E-state index in [4.69, 9.17) is 11.6 Å². The Hall–Kier alpha value is -2.48.